The van der Waals surface area contributed by atoms with Crippen molar-refractivity contribution in [1.29, 1.82) is 0 Å². The summed E-state index contributed by atoms with van der Waals surface area (Å²) < 4.78 is 5.34. The van der Waals surface area contributed by atoms with Gasteiger partial charge in [0.25, 0.3) is 5.89 Å². The summed E-state index contributed by atoms with van der Waals surface area (Å²) in [5.74, 6) is 1.68. The number of halogens is 1. The van der Waals surface area contributed by atoms with Crippen LogP contribution in [0.25, 0.3) is 11.5 Å². The molecule has 1 aromatic heterocycles. The van der Waals surface area contributed by atoms with E-state index in [9.17, 15) is 0 Å². The molecule has 1 aliphatic carbocycles. The van der Waals surface area contributed by atoms with Gasteiger partial charge in [-0.1, -0.05) is 36.0 Å². The number of nitrogens with two attached hydrogens (primary N) is 1. The van der Waals surface area contributed by atoms with Gasteiger partial charge in [-0.3, -0.25) is 0 Å². The van der Waals surface area contributed by atoms with E-state index in [1.54, 1.807) is 18.2 Å². The molecule has 0 bridgehead atoms. The lowest BCUT2D eigenvalue weighted by Gasteiger charge is -2.17. The molecule has 1 saturated carbocycles. The first kappa shape index (κ1) is 12.5. The van der Waals surface area contributed by atoms with E-state index in [2.05, 4.69) is 10.1 Å². The fourth-order valence-electron chi connectivity index (χ4n) is 2.58. The van der Waals surface area contributed by atoms with Crippen molar-refractivity contribution < 1.29 is 4.52 Å². The average molecular weight is 278 g/mol. The monoisotopic (exact) mass is 277 g/mol. The Kier molecular flexibility index (Phi) is 3.42. The number of anilines is 1. The molecule has 4 nitrogen and oxygen atoms in total. The summed E-state index contributed by atoms with van der Waals surface area (Å²) in [7, 11) is 0. The van der Waals surface area contributed by atoms with Crippen molar-refractivity contribution in [1.82, 2.24) is 10.1 Å². The Morgan fingerprint density at radius 2 is 2.00 bits per heavy atom. The molecule has 1 heterocycles. The molecule has 2 aromatic rings. The Hall–Kier alpha value is -1.55. The zero-order valence-corrected chi connectivity index (χ0v) is 11.4. The number of nitrogens with zero attached hydrogens (tertiary/aromatic N) is 2. The van der Waals surface area contributed by atoms with E-state index in [0.29, 0.717) is 28.1 Å². The van der Waals surface area contributed by atoms with Gasteiger partial charge in [0.15, 0.2) is 5.82 Å². The van der Waals surface area contributed by atoms with Crippen LogP contribution in [0.4, 0.5) is 5.69 Å². The second-order valence-electron chi connectivity index (χ2n) is 5.02. The normalized spacial score (nSPS) is 16.7. The van der Waals surface area contributed by atoms with Crippen LogP contribution in [0.15, 0.2) is 22.7 Å². The molecule has 1 aliphatic rings. The van der Waals surface area contributed by atoms with Gasteiger partial charge in [0.05, 0.1) is 5.56 Å². The minimum atomic E-state index is 0.423. The van der Waals surface area contributed by atoms with Gasteiger partial charge < -0.3 is 10.3 Å². The average Bonchev–Trinajstić information content (AvgIpc) is 2.92. The molecule has 0 unspecified atom stereocenters. The molecular weight excluding hydrogens is 262 g/mol. The fourth-order valence-corrected chi connectivity index (χ4v) is 2.76. The number of benzene rings is 1. The van der Waals surface area contributed by atoms with Crippen molar-refractivity contribution in [3.8, 4) is 11.5 Å². The van der Waals surface area contributed by atoms with Gasteiger partial charge in [0, 0.05) is 16.6 Å². The van der Waals surface area contributed by atoms with Crippen LogP contribution >= 0.6 is 11.6 Å². The van der Waals surface area contributed by atoms with E-state index in [-0.39, 0.29) is 0 Å². The third-order valence-electron chi connectivity index (χ3n) is 3.66. The highest BCUT2D eigenvalue weighted by Gasteiger charge is 2.22. The smallest absolute Gasteiger partial charge is 0.260 e. The van der Waals surface area contributed by atoms with Crippen molar-refractivity contribution in [3.05, 3.63) is 29.0 Å². The minimum Gasteiger partial charge on any atom is -0.398 e. The number of hydrogen-bond acceptors (Lipinski definition) is 4. The Balaban J connectivity index is 1.89. The number of hydrogen-bond donors (Lipinski definition) is 1. The molecule has 19 heavy (non-hydrogen) atoms. The molecule has 1 fully saturated rings. The number of aromatic nitrogens is 2. The third-order valence-corrected chi connectivity index (χ3v) is 3.89. The maximum Gasteiger partial charge on any atom is 0.260 e. The second-order valence-corrected chi connectivity index (χ2v) is 5.46. The van der Waals surface area contributed by atoms with Crippen LogP contribution in [0, 0.1) is 0 Å². The van der Waals surface area contributed by atoms with Crippen molar-refractivity contribution in [2.24, 2.45) is 0 Å². The molecule has 0 atom stereocenters. The molecule has 0 spiro atoms. The van der Waals surface area contributed by atoms with Gasteiger partial charge in [0.2, 0.25) is 0 Å². The first-order chi connectivity index (χ1) is 9.24. The SMILES string of the molecule is Nc1ccc(Cl)cc1-c1nc(C2CCCCC2)no1. The zero-order valence-electron chi connectivity index (χ0n) is 10.6. The van der Waals surface area contributed by atoms with Gasteiger partial charge in [-0.05, 0) is 31.0 Å². The highest BCUT2D eigenvalue weighted by molar-refractivity contribution is 6.31. The summed E-state index contributed by atoms with van der Waals surface area (Å²) in [4.78, 5) is 4.49. The topological polar surface area (TPSA) is 64.9 Å². The molecule has 0 aliphatic heterocycles. The lowest BCUT2D eigenvalue weighted by Crippen LogP contribution is -2.06. The van der Waals surface area contributed by atoms with E-state index in [1.807, 2.05) is 0 Å². The minimum absolute atomic E-state index is 0.423. The zero-order chi connectivity index (χ0) is 13.2. The van der Waals surface area contributed by atoms with Crippen molar-refractivity contribution >= 4 is 17.3 Å². The molecule has 0 saturated heterocycles. The van der Waals surface area contributed by atoms with Crippen LogP contribution in [0.3, 0.4) is 0 Å². The summed E-state index contributed by atoms with van der Waals surface area (Å²) in [6.07, 6.45) is 6.08. The van der Waals surface area contributed by atoms with Gasteiger partial charge >= 0.3 is 0 Å². The van der Waals surface area contributed by atoms with Gasteiger partial charge in [-0.15, -0.1) is 0 Å². The fraction of sp³-hybridized carbons (Fsp3) is 0.429. The summed E-state index contributed by atoms with van der Waals surface area (Å²) in [6.45, 7) is 0. The third kappa shape index (κ3) is 2.59. The van der Waals surface area contributed by atoms with Crippen LogP contribution in [-0.2, 0) is 0 Å². The quantitative estimate of drug-likeness (QED) is 0.842. The maximum atomic E-state index is 5.98. The molecule has 0 amide bonds. The summed E-state index contributed by atoms with van der Waals surface area (Å²) in [6, 6.07) is 5.26. The second kappa shape index (κ2) is 5.21. The van der Waals surface area contributed by atoms with Crippen LogP contribution < -0.4 is 5.73 Å². The molecule has 5 heteroatoms. The summed E-state index contributed by atoms with van der Waals surface area (Å²) >= 11 is 5.98. The number of rotatable bonds is 2. The largest absolute Gasteiger partial charge is 0.398 e. The molecule has 100 valence electrons. The lowest BCUT2D eigenvalue weighted by molar-refractivity contribution is 0.385. The number of nitrogen functional groups attached to an aromatic ring is 1. The van der Waals surface area contributed by atoms with Crippen LogP contribution in [0.5, 0.6) is 0 Å². The first-order valence-corrected chi connectivity index (χ1v) is 7.01. The predicted octanol–water partition coefficient (Wildman–Crippen LogP) is 4.02. The Morgan fingerprint density at radius 3 is 2.79 bits per heavy atom. The van der Waals surface area contributed by atoms with Crippen molar-refractivity contribution in [2.45, 2.75) is 38.0 Å². The predicted molar refractivity (Wildman–Crippen MR) is 75.0 cm³/mol. The van der Waals surface area contributed by atoms with E-state index >= 15 is 0 Å². The van der Waals surface area contributed by atoms with E-state index < -0.39 is 0 Å². The molecule has 1 aromatic carbocycles. The Labute approximate surface area is 117 Å². The summed E-state index contributed by atoms with van der Waals surface area (Å²) in [5.41, 5.74) is 7.23. The van der Waals surface area contributed by atoms with Crippen molar-refractivity contribution in [2.75, 3.05) is 5.73 Å². The standard InChI is InChI=1S/C14H16ClN3O/c15-10-6-7-12(16)11(8-10)14-17-13(18-19-14)9-4-2-1-3-5-9/h6-9H,1-5,16H2. The molecular formula is C14H16ClN3O. The molecule has 2 N–H and O–H groups in total. The van der Waals surface area contributed by atoms with Gasteiger partial charge in [0.1, 0.15) is 0 Å². The van der Waals surface area contributed by atoms with E-state index in [0.717, 1.165) is 18.7 Å². The van der Waals surface area contributed by atoms with Crippen LogP contribution in [0.1, 0.15) is 43.8 Å². The van der Waals surface area contributed by atoms with E-state index in [1.165, 1.54) is 19.3 Å². The van der Waals surface area contributed by atoms with Crippen LogP contribution in [-0.4, -0.2) is 10.1 Å². The summed E-state index contributed by atoms with van der Waals surface area (Å²) in [5, 5.41) is 4.71. The Morgan fingerprint density at radius 1 is 1.21 bits per heavy atom. The van der Waals surface area contributed by atoms with Gasteiger partial charge in [-0.25, -0.2) is 0 Å². The highest BCUT2D eigenvalue weighted by atomic mass is 35.5. The van der Waals surface area contributed by atoms with Gasteiger partial charge in [-0.2, -0.15) is 4.98 Å². The van der Waals surface area contributed by atoms with Crippen molar-refractivity contribution in [3.63, 3.8) is 0 Å². The maximum absolute atomic E-state index is 5.98. The molecule has 0 radical (unpaired) electrons. The van der Waals surface area contributed by atoms with Crippen LogP contribution in [0.2, 0.25) is 5.02 Å². The highest BCUT2D eigenvalue weighted by Crippen LogP contribution is 2.33. The van der Waals surface area contributed by atoms with E-state index in [4.69, 9.17) is 21.9 Å². The molecule has 3 rings (SSSR count). The first-order valence-electron chi connectivity index (χ1n) is 6.63. The lowest BCUT2D eigenvalue weighted by atomic mass is 9.89. The Bertz CT molecular complexity index is 576.